The van der Waals surface area contributed by atoms with Crippen LogP contribution in [0.5, 0.6) is 5.75 Å². The number of aryl methyl sites for hydroxylation is 1. The number of hydrogen-bond acceptors (Lipinski definition) is 5. The van der Waals surface area contributed by atoms with Gasteiger partial charge in [-0.3, -0.25) is 9.59 Å². The van der Waals surface area contributed by atoms with Crippen LogP contribution in [-0.4, -0.2) is 11.6 Å². The largest absolute Gasteiger partial charge is 0.428 e. The first-order valence-electron chi connectivity index (χ1n) is 8.10. The standard InChI is InChI=1S/C21H15NO3S/c1-12-10-14(22-13-6-3-2-4-7-13)11-16-18(12)21(24)19-15(20(16)23)8-5-9-17(19)25-26/h2-11,22,26H,1H3. The van der Waals surface area contributed by atoms with Gasteiger partial charge in [0, 0.05) is 41.0 Å². The minimum atomic E-state index is -0.219. The normalized spacial score (nSPS) is 12.4. The monoisotopic (exact) mass is 361 g/mol. The molecule has 1 aliphatic carbocycles. The van der Waals surface area contributed by atoms with Crippen molar-refractivity contribution < 1.29 is 13.8 Å². The Morgan fingerprint density at radius 3 is 2.31 bits per heavy atom. The van der Waals surface area contributed by atoms with Gasteiger partial charge in [0.1, 0.15) is 5.75 Å². The van der Waals surface area contributed by atoms with Crippen LogP contribution in [0.1, 0.15) is 37.4 Å². The average Bonchev–Trinajstić information content (AvgIpc) is 2.66. The molecule has 3 aromatic rings. The summed E-state index contributed by atoms with van der Waals surface area (Å²) in [5.74, 6) is -0.120. The zero-order valence-electron chi connectivity index (χ0n) is 13.9. The molecule has 0 saturated heterocycles. The van der Waals surface area contributed by atoms with Crippen LogP contribution in [0.2, 0.25) is 0 Å². The molecule has 1 aliphatic rings. The molecule has 0 unspecified atom stereocenters. The van der Waals surface area contributed by atoms with E-state index in [-0.39, 0.29) is 17.1 Å². The molecule has 3 aromatic carbocycles. The molecule has 1 N–H and O–H groups in total. The molecule has 4 nitrogen and oxygen atoms in total. The zero-order chi connectivity index (χ0) is 18.3. The summed E-state index contributed by atoms with van der Waals surface area (Å²) in [6.07, 6.45) is 0. The van der Waals surface area contributed by atoms with E-state index in [0.29, 0.717) is 22.4 Å². The molecule has 26 heavy (non-hydrogen) atoms. The fourth-order valence-electron chi connectivity index (χ4n) is 3.33. The van der Waals surface area contributed by atoms with Gasteiger partial charge in [0.15, 0.2) is 11.6 Å². The number of ketones is 2. The second kappa shape index (κ2) is 6.35. The van der Waals surface area contributed by atoms with E-state index in [4.69, 9.17) is 4.18 Å². The van der Waals surface area contributed by atoms with E-state index in [0.717, 1.165) is 16.9 Å². The predicted octanol–water partition coefficient (Wildman–Crippen LogP) is 4.74. The predicted molar refractivity (Wildman–Crippen MR) is 104 cm³/mol. The van der Waals surface area contributed by atoms with Gasteiger partial charge in [0.05, 0.1) is 5.56 Å². The first kappa shape index (κ1) is 16.4. The lowest BCUT2D eigenvalue weighted by atomic mass is 9.81. The van der Waals surface area contributed by atoms with Gasteiger partial charge in [-0.05, 0) is 42.8 Å². The molecule has 0 aromatic heterocycles. The number of rotatable bonds is 3. The van der Waals surface area contributed by atoms with Gasteiger partial charge in [-0.15, -0.1) is 0 Å². The summed E-state index contributed by atoms with van der Waals surface area (Å²) in [6.45, 7) is 1.83. The minimum Gasteiger partial charge on any atom is -0.428 e. The second-order valence-corrected chi connectivity index (χ2v) is 6.32. The lowest BCUT2D eigenvalue weighted by Crippen LogP contribution is -2.22. The van der Waals surface area contributed by atoms with Gasteiger partial charge in [0.2, 0.25) is 0 Å². The zero-order valence-corrected chi connectivity index (χ0v) is 14.8. The molecule has 0 spiro atoms. The molecular weight excluding hydrogens is 346 g/mol. The van der Waals surface area contributed by atoms with Crippen molar-refractivity contribution in [3.63, 3.8) is 0 Å². The molecule has 0 heterocycles. The highest BCUT2D eigenvalue weighted by Gasteiger charge is 2.33. The molecular formula is C21H15NO3S. The van der Waals surface area contributed by atoms with Crippen molar-refractivity contribution in [2.45, 2.75) is 6.92 Å². The number of thiol groups is 1. The van der Waals surface area contributed by atoms with Crippen LogP contribution in [0.4, 0.5) is 11.4 Å². The quantitative estimate of drug-likeness (QED) is 0.409. The smallest absolute Gasteiger partial charge is 0.198 e. The summed E-state index contributed by atoms with van der Waals surface area (Å²) in [5.41, 5.74) is 3.83. The lowest BCUT2D eigenvalue weighted by Gasteiger charge is -2.22. The van der Waals surface area contributed by atoms with Crippen LogP contribution in [0.3, 0.4) is 0 Å². The summed E-state index contributed by atoms with van der Waals surface area (Å²) in [7, 11) is 0. The van der Waals surface area contributed by atoms with Crippen LogP contribution in [0.25, 0.3) is 0 Å². The molecule has 5 heteroatoms. The SMILES string of the molecule is Cc1cc(Nc2ccccc2)cc2c1C(=O)c1c(OS)cccc1C2=O. The summed E-state index contributed by atoms with van der Waals surface area (Å²) < 4.78 is 5.00. The van der Waals surface area contributed by atoms with Crippen LogP contribution in [0.15, 0.2) is 60.7 Å². The highest BCUT2D eigenvalue weighted by atomic mass is 32.1. The van der Waals surface area contributed by atoms with Gasteiger partial charge >= 0.3 is 0 Å². The van der Waals surface area contributed by atoms with Gasteiger partial charge in [-0.1, -0.05) is 30.3 Å². The van der Waals surface area contributed by atoms with E-state index in [1.54, 1.807) is 24.3 Å². The van der Waals surface area contributed by atoms with Gasteiger partial charge in [-0.2, -0.15) is 0 Å². The van der Waals surface area contributed by atoms with Crippen molar-refractivity contribution in [2.24, 2.45) is 0 Å². The van der Waals surface area contributed by atoms with E-state index < -0.39 is 0 Å². The maximum Gasteiger partial charge on any atom is 0.198 e. The number of benzene rings is 3. The van der Waals surface area contributed by atoms with Gasteiger partial charge in [-0.25, -0.2) is 0 Å². The van der Waals surface area contributed by atoms with Crippen molar-refractivity contribution in [2.75, 3.05) is 5.32 Å². The molecule has 0 fully saturated rings. The average molecular weight is 361 g/mol. The van der Waals surface area contributed by atoms with E-state index >= 15 is 0 Å². The molecule has 0 amide bonds. The molecule has 0 aliphatic heterocycles. The Balaban J connectivity index is 1.85. The third-order valence-corrected chi connectivity index (χ3v) is 4.66. The first-order chi connectivity index (χ1) is 12.6. The van der Waals surface area contributed by atoms with Crippen molar-refractivity contribution in [3.8, 4) is 5.75 Å². The highest BCUT2D eigenvalue weighted by molar-refractivity contribution is 7.75. The number of fused-ring (bicyclic) bond motifs is 2. The summed E-state index contributed by atoms with van der Waals surface area (Å²) in [6, 6.07) is 18.2. The van der Waals surface area contributed by atoms with Crippen LogP contribution >= 0.6 is 12.9 Å². The fourth-order valence-corrected chi connectivity index (χ4v) is 3.48. The molecule has 128 valence electrons. The van der Waals surface area contributed by atoms with Gasteiger partial charge < -0.3 is 9.50 Å². The highest BCUT2D eigenvalue weighted by Crippen LogP contribution is 2.36. The molecule has 0 saturated carbocycles. The molecule has 0 radical (unpaired) electrons. The van der Waals surface area contributed by atoms with Gasteiger partial charge in [0.25, 0.3) is 0 Å². The van der Waals surface area contributed by atoms with Crippen LogP contribution < -0.4 is 9.50 Å². The fraction of sp³-hybridized carbons (Fsp3) is 0.0476. The minimum absolute atomic E-state index is 0.193. The number of anilines is 2. The molecule has 4 rings (SSSR count). The van der Waals surface area contributed by atoms with Crippen molar-refractivity contribution >= 4 is 35.9 Å². The van der Waals surface area contributed by atoms with Crippen molar-refractivity contribution in [3.05, 3.63) is 88.5 Å². The Hall–Kier alpha value is -3.05. The maximum atomic E-state index is 13.0. The van der Waals surface area contributed by atoms with E-state index in [1.807, 2.05) is 43.3 Å². The van der Waals surface area contributed by atoms with Crippen LogP contribution in [-0.2, 0) is 0 Å². The van der Waals surface area contributed by atoms with E-state index in [1.165, 1.54) is 0 Å². The topological polar surface area (TPSA) is 55.4 Å². The van der Waals surface area contributed by atoms with E-state index in [9.17, 15) is 9.59 Å². The third-order valence-electron chi connectivity index (χ3n) is 4.47. The summed E-state index contributed by atoms with van der Waals surface area (Å²) in [4.78, 5) is 26.1. The molecule has 0 bridgehead atoms. The Morgan fingerprint density at radius 1 is 0.808 bits per heavy atom. The summed E-state index contributed by atoms with van der Waals surface area (Å²) >= 11 is 3.81. The third kappa shape index (κ3) is 2.57. The Kier molecular flexibility index (Phi) is 4.01. The van der Waals surface area contributed by atoms with E-state index in [2.05, 4.69) is 18.2 Å². The molecule has 0 atom stereocenters. The second-order valence-electron chi connectivity index (χ2n) is 6.13. The number of hydrogen-bond donors (Lipinski definition) is 2. The maximum absolute atomic E-state index is 13.0. The Bertz CT molecular complexity index is 1040. The van der Waals surface area contributed by atoms with Crippen LogP contribution in [0, 0.1) is 6.92 Å². The first-order valence-corrected chi connectivity index (χ1v) is 8.47. The van der Waals surface area contributed by atoms with Crippen molar-refractivity contribution in [1.29, 1.82) is 0 Å². The number of nitrogens with one attached hydrogen (secondary N) is 1. The Labute approximate surface area is 156 Å². The summed E-state index contributed by atoms with van der Waals surface area (Å²) in [5, 5.41) is 3.28. The lowest BCUT2D eigenvalue weighted by molar-refractivity contribution is 0.0977. The Morgan fingerprint density at radius 2 is 1.58 bits per heavy atom. The number of carbonyl (C=O) groups excluding carboxylic acids is 2. The number of para-hydroxylation sites is 1. The number of carbonyl (C=O) groups is 2. The van der Waals surface area contributed by atoms with Crippen molar-refractivity contribution in [1.82, 2.24) is 0 Å².